The molecule has 1 aromatic rings. The van der Waals surface area contributed by atoms with E-state index in [0.29, 0.717) is 0 Å². The van der Waals surface area contributed by atoms with Crippen LogP contribution in [0.3, 0.4) is 0 Å². The zero-order valence-corrected chi connectivity index (χ0v) is 15.4. The normalized spacial score (nSPS) is 18.8. The second kappa shape index (κ2) is 10.0. The van der Waals surface area contributed by atoms with Crippen LogP contribution in [-0.4, -0.2) is 50.0 Å². The first-order chi connectivity index (χ1) is 12.1. The summed E-state index contributed by atoms with van der Waals surface area (Å²) in [6.45, 7) is 6.55. The maximum Gasteiger partial charge on any atom is 0.221 e. The maximum absolute atomic E-state index is 11.3. The molecular formula is C19H31N5O. The number of nitrogens with one attached hydrogen (secondary N) is 2. The summed E-state index contributed by atoms with van der Waals surface area (Å²) in [4.78, 5) is 17.9. The van der Waals surface area contributed by atoms with Gasteiger partial charge in [0.15, 0.2) is 5.96 Å². The Kier molecular flexibility index (Phi) is 7.73. The number of aryl methyl sites for hydroxylation is 1. The van der Waals surface area contributed by atoms with Crippen LogP contribution in [0.25, 0.3) is 0 Å². The van der Waals surface area contributed by atoms with Gasteiger partial charge in [-0.15, -0.1) is 0 Å². The van der Waals surface area contributed by atoms with Crippen molar-refractivity contribution in [2.45, 2.75) is 32.7 Å². The average molecular weight is 345 g/mol. The van der Waals surface area contributed by atoms with Crippen molar-refractivity contribution in [1.29, 1.82) is 0 Å². The Morgan fingerprint density at radius 3 is 2.96 bits per heavy atom. The number of nitrogens with two attached hydrogens (primary N) is 1. The molecule has 4 N–H and O–H groups in total. The van der Waals surface area contributed by atoms with Gasteiger partial charge >= 0.3 is 0 Å². The fraction of sp³-hybridized carbons (Fsp3) is 0.579. The minimum atomic E-state index is -0.163. The molecular weight excluding hydrogens is 314 g/mol. The van der Waals surface area contributed by atoms with Crippen LogP contribution in [0.2, 0.25) is 0 Å². The first-order valence-corrected chi connectivity index (χ1v) is 9.10. The Hall–Kier alpha value is -2.08. The summed E-state index contributed by atoms with van der Waals surface area (Å²) in [6, 6.07) is 8.45. The van der Waals surface area contributed by atoms with Gasteiger partial charge in [-0.1, -0.05) is 29.8 Å². The highest BCUT2D eigenvalue weighted by Gasteiger charge is 2.23. The highest BCUT2D eigenvalue weighted by molar-refractivity contribution is 5.79. The number of carbonyl (C=O) groups is 1. The Bertz CT molecular complexity index is 587. The molecule has 25 heavy (non-hydrogen) atoms. The van der Waals surface area contributed by atoms with Gasteiger partial charge < -0.3 is 21.3 Å². The molecule has 6 heteroatoms. The third kappa shape index (κ3) is 6.74. The van der Waals surface area contributed by atoms with E-state index >= 15 is 0 Å². The number of primary amides is 1. The molecule has 1 amide bonds. The van der Waals surface area contributed by atoms with Gasteiger partial charge in [0.1, 0.15) is 0 Å². The van der Waals surface area contributed by atoms with E-state index in [9.17, 15) is 4.79 Å². The van der Waals surface area contributed by atoms with Gasteiger partial charge in [0.25, 0.3) is 0 Å². The molecule has 1 atom stereocenters. The lowest BCUT2D eigenvalue weighted by molar-refractivity contribution is -0.123. The van der Waals surface area contributed by atoms with E-state index in [1.807, 2.05) is 0 Å². The molecule has 0 aromatic heterocycles. The number of rotatable bonds is 7. The number of guanidine groups is 1. The van der Waals surface area contributed by atoms with Crippen LogP contribution in [0.5, 0.6) is 0 Å². The molecule has 1 aliphatic rings. The summed E-state index contributed by atoms with van der Waals surface area (Å²) in [5, 5.41) is 6.69. The summed E-state index contributed by atoms with van der Waals surface area (Å²) < 4.78 is 0. The number of likely N-dealkylation sites (tertiary alicyclic amines) is 1. The molecule has 1 aromatic carbocycles. The van der Waals surface area contributed by atoms with E-state index in [1.54, 1.807) is 7.05 Å². The Labute approximate surface area is 150 Å². The van der Waals surface area contributed by atoms with Crippen molar-refractivity contribution in [2.24, 2.45) is 16.6 Å². The molecule has 0 spiro atoms. The summed E-state index contributed by atoms with van der Waals surface area (Å²) in [5.74, 6) is 0.671. The van der Waals surface area contributed by atoms with Gasteiger partial charge in [0, 0.05) is 26.7 Å². The quantitative estimate of drug-likeness (QED) is 0.395. The third-order valence-corrected chi connectivity index (χ3v) is 4.62. The lowest BCUT2D eigenvalue weighted by Crippen LogP contribution is -2.42. The molecule has 0 bridgehead atoms. The van der Waals surface area contributed by atoms with Gasteiger partial charge in [-0.2, -0.15) is 0 Å². The summed E-state index contributed by atoms with van der Waals surface area (Å²) in [5.41, 5.74) is 7.94. The van der Waals surface area contributed by atoms with E-state index in [2.05, 4.69) is 51.7 Å². The zero-order valence-electron chi connectivity index (χ0n) is 15.4. The molecule has 1 fully saturated rings. The fourth-order valence-electron chi connectivity index (χ4n) is 3.23. The van der Waals surface area contributed by atoms with Crippen LogP contribution in [-0.2, 0) is 11.3 Å². The number of nitrogens with zero attached hydrogens (tertiary/aromatic N) is 2. The predicted octanol–water partition coefficient (Wildman–Crippen LogP) is 1.25. The summed E-state index contributed by atoms with van der Waals surface area (Å²) >= 11 is 0. The van der Waals surface area contributed by atoms with Crippen molar-refractivity contribution >= 4 is 11.9 Å². The standard InChI is InChI=1S/C19H31N5O/c1-15-6-3-7-16(12-15)13-23-19(21-2)22-9-5-11-24-10-4-8-17(14-24)18(20)25/h3,6-7,12,17H,4-5,8-11,13-14H2,1-2H3,(H2,20,25)(H2,21,22,23). The molecule has 1 saturated heterocycles. The lowest BCUT2D eigenvalue weighted by Gasteiger charge is -2.31. The molecule has 1 unspecified atom stereocenters. The van der Waals surface area contributed by atoms with E-state index < -0.39 is 0 Å². The number of hydrogen-bond acceptors (Lipinski definition) is 3. The second-order valence-electron chi connectivity index (χ2n) is 6.74. The summed E-state index contributed by atoms with van der Waals surface area (Å²) in [6.07, 6.45) is 3.00. The summed E-state index contributed by atoms with van der Waals surface area (Å²) in [7, 11) is 1.79. The number of carbonyl (C=O) groups excluding carboxylic acids is 1. The number of benzene rings is 1. The number of amides is 1. The van der Waals surface area contributed by atoms with Crippen molar-refractivity contribution < 1.29 is 4.79 Å². The Balaban J connectivity index is 1.65. The van der Waals surface area contributed by atoms with Crippen molar-refractivity contribution in [2.75, 3.05) is 33.2 Å². The minimum Gasteiger partial charge on any atom is -0.369 e. The number of hydrogen-bond donors (Lipinski definition) is 3. The van der Waals surface area contributed by atoms with Crippen LogP contribution >= 0.6 is 0 Å². The van der Waals surface area contributed by atoms with E-state index in [0.717, 1.165) is 57.9 Å². The van der Waals surface area contributed by atoms with E-state index in [-0.39, 0.29) is 11.8 Å². The second-order valence-corrected chi connectivity index (χ2v) is 6.74. The van der Waals surface area contributed by atoms with Gasteiger partial charge in [-0.25, -0.2) is 0 Å². The van der Waals surface area contributed by atoms with Gasteiger partial charge in [0.2, 0.25) is 5.91 Å². The molecule has 2 rings (SSSR count). The lowest BCUT2D eigenvalue weighted by atomic mass is 9.97. The highest BCUT2D eigenvalue weighted by atomic mass is 16.1. The van der Waals surface area contributed by atoms with Gasteiger partial charge in [-0.3, -0.25) is 9.79 Å². The fourth-order valence-corrected chi connectivity index (χ4v) is 3.23. The third-order valence-electron chi connectivity index (χ3n) is 4.62. The topological polar surface area (TPSA) is 82.8 Å². The van der Waals surface area contributed by atoms with Crippen LogP contribution in [0.4, 0.5) is 0 Å². The first-order valence-electron chi connectivity index (χ1n) is 9.10. The predicted molar refractivity (Wildman–Crippen MR) is 102 cm³/mol. The minimum absolute atomic E-state index is 0.0190. The molecule has 138 valence electrons. The smallest absolute Gasteiger partial charge is 0.221 e. The largest absolute Gasteiger partial charge is 0.369 e. The van der Waals surface area contributed by atoms with Crippen molar-refractivity contribution in [3.05, 3.63) is 35.4 Å². The van der Waals surface area contributed by atoms with E-state index in [4.69, 9.17) is 5.73 Å². The van der Waals surface area contributed by atoms with Crippen molar-refractivity contribution in [1.82, 2.24) is 15.5 Å². The Morgan fingerprint density at radius 1 is 1.40 bits per heavy atom. The van der Waals surface area contributed by atoms with Gasteiger partial charge in [-0.05, 0) is 44.8 Å². The van der Waals surface area contributed by atoms with Crippen LogP contribution in [0, 0.1) is 12.8 Å². The number of piperidine rings is 1. The molecule has 0 saturated carbocycles. The molecule has 0 radical (unpaired) electrons. The van der Waals surface area contributed by atoms with Crippen LogP contribution in [0.15, 0.2) is 29.3 Å². The molecule has 6 nitrogen and oxygen atoms in total. The van der Waals surface area contributed by atoms with Crippen molar-refractivity contribution in [3.8, 4) is 0 Å². The monoisotopic (exact) mass is 345 g/mol. The first kappa shape index (κ1) is 19.2. The van der Waals surface area contributed by atoms with Crippen LogP contribution in [0.1, 0.15) is 30.4 Å². The molecule has 1 aliphatic heterocycles. The average Bonchev–Trinajstić information content (AvgIpc) is 2.61. The molecule has 0 aliphatic carbocycles. The van der Waals surface area contributed by atoms with Crippen molar-refractivity contribution in [3.63, 3.8) is 0 Å². The zero-order chi connectivity index (χ0) is 18.1. The maximum atomic E-state index is 11.3. The highest BCUT2D eigenvalue weighted by Crippen LogP contribution is 2.15. The van der Waals surface area contributed by atoms with Gasteiger partial charge in [0.05, 0.1) is 5.92 Å². The van der Waals surface area contributed by atoms with E-state index in [1.165, 1.54) is 11.1 Å². The molecule has 1 heterocycles. The number of aliphatic imine (C=N–C) groups is 1. The Morgan fingerprint density at radius 2 is 2.24 bits per heavy atom. The SMILES string of the molecule is CN=C(NCCCN1CCCC(C(N)=O)C1)NCc1cccc(C)c1. The van der Waals surface area contributed by atoms with Crippen LogP contribution < -0.4 is 16.4 Å².